The molecule has 1 atom stereocenters. The Balaban J connectivity index is 1.51. The van der Waals surface area contributed by atoms with Gasteiger partial charge in [-0.1, -0.05) is 73.7 Å². The Bertz CT molecular complexity index is 1210. The number of carbonyl (C=O) groups is 2. The largest absolute Gasteiger partial charge is 0.485 e. The zero-order valence-electron chi connectivity index (χ0n) is 22.8. The lowest BCUT2D eigenvalue weighted by Crippen LogP contribution is -2.43. The second-order valence-corrected chi connectivity index (χ2v) is 10.2. The van der Waals surface area contributed by atoms with Gasteiger partial charge >= 0.3 is 5.97 Å². The monoisotopic (exact) mass is 529 g/mol. The molecular formula is C33H39NO5. The Morgan fingerprint density at radius 1 is 0.872 bits per heavy atom. The number of ether oxygens (including phenoxy) is 2. The molecule has 1 unspecified atom stereocenters. The van der Waals surface area contributed by atoms with Crippen LogP contribution in [0.25, 0.3) is 0 Å². The second kappa shape index (κ2) is 14.4. The summed E-state index contributed by atoms with van der Waals surface area (Å²) >= 11 is 0. The molecule has 6 nitrogen and oxygen atoms in total. The molecule has 0 aromatic heterocycles. The molecule has 0 aliphatic heterocycles. The van der Waals surface area contributed by atoms with E-state index in [1.807, 2.05) is 47.4 Å². The first-order valence-corrected chi connectivity index (χ1v) is 14.0. The van der Waals surface area contributed by atoms with Crippen molar-refractivity contribution < 1.29 is 24.2 Å². The van der Waals surface area contributed by atoms with Crippen molar-refractivity contribution in [1.29, 1.82) is 0 Å². The zero-order valence-corrected chi connectivity index (χ0v) is 22.8. The molecule has 206 valence electrons. The molecule has 3 aromatic rings. The molecule has 4 rings (SSSR count). The number of carboxylic acids is 1. The molecule has 1 aliphatic rings. The van der Waals surface area contributed by atoms with Crippen molar-refractivity contribution in [2.75, 3.05) is 6.54 Å². The first kappa shape index (κ1) is 28.2. The highest BCUT2D eigenvalue weighted by molar-refractivity contribution is 5.76. The van der Waals surface area contributed by atoms with Crippen LogP contribution in [0.1, 0.15) is 67.7 Å². The Morgan fingerprint density at radius 2 is 1.51 bits per heavy atom. The summed E-state index contributed by atoms with van der Waals surface area (Å²) in [6.07, 6.45) is 4.97. The Morgan fingerprint density at radius 3 is 2.15 bits per heavy atom. The second-order valence-electron chi connectivity index (χ2n) is 10.2. The molecule has 0 spiro atoms. The van der Waals surface area contributed by atoms with E-state index >= 15 is 0 Å². The number of fused-ring (bicyclic) bond motifs is 1. The van der Waals surface area contributed by atoms with E-state index in [2.05, 4.69) is 37.3 Å². The first-order valence-electron chi connectivity index (χ1n) is 14.0. The highest BCUT2D eigenvalue weighted by Gasteiger charge is 2.30. The van der Waals surface area contributed by atoms with Crippen LogP contribution in [0.4, 0.5) is 0 Å². The predicted octanol–water partition coefficient (Wildman–Crippen LogP) is 6.59. The number of aliphatic carboxylic acids is 1. The lowest BCUT2D eigenvalue weighted by Gasteiger charge is -2.36. The van der Waals surface area contributed by atoms with E-state index in [9.17, 15) is 9.59 Å². The van der Waals surface area contributed by atoms with Gasteiger partial charge in [-0.2, -0.15) is 0 Å². The number of nitrogens with zero attached hydrogens (tertiary/aromatic N) is 1. The van der Waals surface area contributed by atoms with Crippen molar-refractivity contribution >= 4 is 11.9 Å². The van der Waals surface area contributed by atoms with Crippen molar-refractivity contribution in [2.24, 2.45) is 0 Å². The quantitative estimate of drug-likeness (QED) is 0.239. The zero-order chi connectivity index (χ0) is 27.5. The van der Waals surface area contributed by atoms with E-state index in [0.717, 1.165) is 53.9 Å². The highest BCUT2D eigenvalue weighted by Crippen LogP contribution is 2.39. The molecule has 0 saturated carbocycles. The fourth-order valence-corrected chi connectivity index (χ4v) is 5.23. The van der Waals surface area contributed by atoms with Crippen LogP contribution in [0, 0.1) is 0 Å². The molecule has 1 amide bonds. The number of hydrogen-bond donors (Lipinski definition) is 1. The minimum absolute atomic E-state index is 0.109. The predicted molar refractivity (Wildman–Crippen MR) is 152 cm³/mol. The summed E-state index contributed by atoms with van der Waals surface area (Å²) in [5.41, 5.74) is 4.56. The van der Waals surface area contributed by atoms with Crippen molar-refractivity contribution in [3.05, 3.63) is 95.1 Å². The minimum Gasteiger partial charge on any atom is -0.485 e. The lowest BCUT2D eigenvalue weighted by molar-refractivity contribution is -0.138. The van der Waals surface area contributed by atoms with Crippen LogP contribution in [0.15, 0.2) is 72.8 Å². The Hall–Kier alpha value is -3.80. The molecule has 0 heterocycles. The van der Waals surface area contributed by atoms with Crippen molar-refractivity contribution in [3.63, 3.8) is 0 Å². The number of amides is 1. The summed E-state index contributed by atoms with van der Waals surface area (Å²) in [6.45, 7) is 3.73. The standard InChI is InChI=1S/C33H39NO5/c1-2-21-34(31(35)15-9-10-16-32(36)37)28-18-19-29-27(22-28)17-20-30(38-23-25-11-5-3-6-12-25)33(29)39-24-26-13-7-4-8-14-26/h3-8,11-14,17,20,28H,2,9-10,15-16,18-19,21-24H2,1H3,(H,36,37). The van der Waals surface area contributed by atoms with E-state index in [1.54, 1.807) is 0 Å². The maximum Gasteiger partial charge on any atom is 0.303 e. The Labute approximate surface area is 231 Å². The van der Waals surface area contributed by atoms with Crippen LogP contribution < -0.4 is 9.47 Å². The van der Waals surface area contributed by atoms with Gasteiger partial charge in [0.25, 0.3) is 0 Å². The van der Waals surface area contributed by atoms with Crippen LogP contribution in [-0.4, -0.2) is 34.5 Å². The lowest BCUT2D eigenvalue weighted by atomic mass is 9.86. The van der Waals surface area contributed by atoms with E-state index < -0.39 is 5.97 Å². The minimum atomic E-state index is -0.811. The van der Waals surface area contributed by atoms with Gasteiger partial charge in [0.05, 0.1) is 0 Å². The van der Waals surface area contributed by atoms with Crippen molar-refractivity contribution in [1.82, 2.24) is 4.90 Å². The fraction of sp³-hybridized carbons (Fsp3) is 0.394. The van der Waals surface area contributed by atoms with Gasteiger partial charge in [0.2, 0.25) is 5.91 Å². The van der Waals surface area contributed by atoms with Gasteiger partial charge in [-0.3, -0.25) is 9.59 Å². The summed E-state index contributed by atoms with van der Waals surface area (Å²) in [5, 5.41) is 8.89. The SMILES string of the molecule is CCCN(C(=O)CCCCC(=O)O)C1CCc2c(ccc(OCc3ccccc3)c2OCc2ccccc2)C1. The molecule has 0 saturated heterocycles. The van der Waals surface area contributed by atoms with Crippen LogP contribution in [0.3, 0.4) is 0 Å². The molecule has 6 heteroatoms. The third-order valence-electron chi connectivity index (χ3n) is 7.22. The smallest absolute Gasteiger partial charge is 0.303 e. The van der Waals surface area contributed by atoms with Gasteiger partial charge in [0, 0.05) is 31.0 Å². The van der Waals surface area contributed by atoms with Crippen LogP contribution in [-0.2, 0) is 35.6 Å². The summed E-state index contributed by atoms with van der Waals surface area (Å²) in [7, 11) is 0. The van der Waals surface area contributed by atoms with Crippen molar-refractivity contribution in [2.45, 2.75) is 77.5 Å². The van der Waals surface area contributed by atoms with Gasteiger partial charge < -0.3 is 19.5 Å². The first-order chi connectivity index (χ1) is 19.0. The van der Waals surface area contributed by atoms with Gasteiger partial charge in [-0.05, 0) is 61.3 Å². The van der Waals surface area contributed by atoms with E-state index in [-0.39, 0.29) is 18.4 Å². The molecule has 0 radical (unpaired) electrons. The van der Waals surface area contributed by atoms with E-state index in [1.165, 1.54) is 5.56 Å². The molecule has 39 heavy (non-hydrogen) atoms. The maximum atomic E-state index is 13.1. The summed E-state index contributed by atoms with van der Waals surface area (Å²) < 4.78 is 12.7. The average Bonchev–Trinajstić information content (AvgIpc) is 2.96. The number of unbranched alkanes of at least 4 members (excludes halogenated alkanes) is 1. The number of benzene rings is 3. The number of carboxylic acid groups (broad SMARTS) is 1. The molecule has 0 fully saturated rings. The van der Waals surface area contributed by atoms with Gasteiger partial charge in [0.15, 0.2) is 11.5 Å². The average molecular weight is 530 g/mol. The van der Waals surface area contributed by atoms with Crippen LogP contribution >= 0.6 is 0 Å². The van der Waals surface area contributed by atoms with Crippen LogP contribution in [0.2, 0.25) is 0 Å². The third-order valence-corrected chi connectivity index (χ3v) is 7.22. The number of rotatable bonds is 14. The van der Waals surface area contributed by atoms with Crippen LogP contribution in [0.5, 0.6) is 11.5 Å². The topological polar surface area (TPSA) is 76.1 Å². The van der Waals surface area contributed by atoms with Gasteiger partial charge in [-0.15, -0.1) is 0 Å². The van der Waals surface area contributed by atoms with E-state index in [4.69, 9.17) is 14.6 Å². The highest BCUT2D eigenvalue weighted by atomic mass is 16.5. The number of carbonyl (C=O) groups excluding carboxylic acids is 1. The summed E-state index contributed by atoms with van der Waals surface area (Å²) in [5.74, 6) is 0.855. The fourth-order valence-electron chi connectivity index (χ4n) is 5.23. The Kier molecular flexibility index (Phi) is 10.4. The van der Waals surface area contributed by atoms with Gasteiger partial charge in [0.1, 0.15) is 13.2 Å². The number of hydrogen-bond acceptors (Lipinski definition) is 4. The normalized spacial score (nSPS) is 14.3. The van der Waals surface area contributed by atoms with Gasteiger partial charge in [-0.25, -0.2) is 0 Å². The molecular weight excluding hydrogens is 490 g/mol. The molecule has 1 aliphatic carbocycles. The molecule has 0 bridgehead atoms. The summed E-state index contributed by atoms with van der Waals surface area (Å²) in [4.78, 5) is 26.0. The van der Waals surface area contributed by atoms with Crippen molar-refractivity contribution in [3.8, 4) is 11.5 Å². The summed E-state index contributed by atoms with van der Waals surface area (Å²) in [6, 6.07) is 24.5. The maximum absolute atomic E-state index is 13.1. The molecule has 3 aromatic carbocycles. The van der Waals surface area contributed by atoms with E-state index in [0.29, 0.717) is 39.0 Å². The molecule has 1 N–H and O–H groups in total. The third kappa shape index (κ3) is 8.09.